The van der Waals surface area contributed by atoms with Crippen molar-refractivity contribution in [3.8, 4) is 0 Å². The lowest BCUT2D eigenvalue weighted by atomic mass is 10.1. The van der Waals surface area contributed by atoms with Gasteiger partial charge in [0, 0.05) is 37.6 Å². The third-order valence-corrected chi connectivity index (χ3v) is 3.54. The minimum absolute atomic E-state index is 0.599. The first-order valence-corrected chi connectivity index (χ1v) is 6.71. The molecule has 1 aromatic rings. The molecule has 0 saturated carbocycles. The highest BCUT2D eigenvalue weighted by molar-refractivity contribution is 5.59. The second kappa shape index (κ2) is 6.53. The Morgan fingerprint density at radius 3 is 2.24 bits per heavy atom. The molecule has 0 aliphatic carbocycles. The van der Waals surface area contributed by atoms with Gasteiger partial charge < -0.3 is 9.80 Å². The second-order valence-corrected chi connectivity index (χ2v) is 4.58. The average Bonchev–Trinajstić information content (AvgIpc) is 2.38. The van der Waals surface area contributed by atoms with Crippen LogP contribution in [-0.2, 0) is 0 Å². The minimum Gasteiger partial charge on any atom is -0.375 e. The van der Waals surface area contributed by atoms with Crippen LogP contribution < -0.4 is 9.80 Å². The topological polar surface area (TPSA) is 6.48 Å². The van der Waals surface area contributed by atoms with Crippen LogP contribution in [0.4, 0.5) is 11.4 Å². The summed E-state index contributed by atoms with van der Waals surface area (Å²) in [6, 6.07) is 9.43. The summed E-state index contributed by atoms with van der Waals surface area (Å²) in [5.74, 6) is 0. The fraction of sp³-hybridized carbons (Fsp3) is 0.600. The molecule has 2 heteroatoms. The van der Waals surface area contributed by atoms with Gasteiger partial charge in [-0.1, -0.05) is 13.0 Å². The molecule has 1 aromatic carbocycles. The third-order valence-electron chi connectivity index (χ3n) is 3.54. The molecule has 0 radical (unpaired) electrons. The van der Waals surface area contributed by atoms with E-state index in [1.807, 2.05) is 0 Å². The predicted molar refractivity (Wildman–Crippen MR) is 78.2 cm³/mol. The summed E-state index contributed by atoms with van der Waals surface area (Å²) in [6.45, 7) is 11.0. The summed E-state index contributed by atoms with van der Waals surface area (Å²) < 4.78 is 0. The molecule has 1 rings (SSSR count). The lowest BCUT2D eigenvalue weighted by Gasteiger charge is -2.30. The third kappa shape index (κ3) is 3.39. The number of hydrogen-bond acceptors (Lipinski definition) is 2. The van der Waals surface area contributed by atoms with Gasteiger partial charge in [0.2, 0.25) is 0 Å². The normalized spacial score (nSPS) is 12.3. The van der Waals surface area contributed by atoms with Crippen LogP contribution in [-0.4, -0.2) is 26.2 Å². The molecule has 0 spiro atoms. The molecule has 0 aliphatic heterocycles. The van der Waals surface area contributed by atoms with Gasteiger partial charge in [-0.25, -0.2) is 0 Å². The monoisotopic (exact) mass is 234 g/mol. The van der Waals surface area contributed by atoms with Crippen LogP contribution in [0.3, 0.4) is 0 Å². The smallest absolute Gasteiger partial charge is 0.0389 e. The van der Waals surface area contributed by atoms with Crippen molar-refractivity contribution in [2.45, 2.75) is 40.2 Å². The number of nitrogens with zero attached hydrogens (tertiary/aromatic N) is 2. The van der Waals surface area contributed by atoms with Crippen LogP contribution in [0.5, 0.6) is 0 Å². The number of hydrogen-bond donors (Lipinski definition) is 0. The zero-order valence-electron chi connectivity index (χ0n) is 11.9. The van der Waals surface area contributed by atoms with E-state index in [0.29, 0.717) is 6.04 Å². The number of benzene rings is 1. The molecule has 96 valence electrons. The van der Waals surface area contributed by atoms with Crippen LogP contribution in [0.25, 0.3) is 0 Å². The van der Waals surface area contributed by atoms with Gasteiger partial charge in [-0.2, -0.15) is 0 Å². The Bertz CT molecular complexity index is 335. The standard InChI is InChI=1S/C15H26N2/c1-6-13(4)17(8-3)15-11-9-10-14(12-15)16(5)7-2/h9-13H,6-8H2,1-5H3. The Balaban J connectivity index is 2.96. The zero-order valence-corrected chi connectivity index (χ0v) is 11.9. The van der Waals surface area contributed by atoms with Crippen molar-refractivity contribution in [2.24, 2.45) is 0 Å². The fourth-order valence-electron chi connectivity index (χ4n) is 2.06. The van der Waals surface area contributed by atoms with E-state index in [1.54, 1.807) is 0 Å². The molecule has 0 N–H and O–H groups in total. The van der Waals surface area contributed by atoms with Gasteiger partial charge in [-0.3, -0.25) is 0 Å². The van der Waals surface area contributed by atoms with Crippen molar-refractivity contribution in [1.82, 2.24) is 0 Å². The van der Waals surface area contributed by atoms with E-state index >= 15 is 0 Å². The molecule has 0 saturated heterocycles. The SMILES string of the molecule is CCC(C)N(CC)c1cccc(N(C)CC)c1. The first-order chi connectivity index (χ1) is 8.13. The average molecular weight is 234 g/mol. The Hall–Kier alpha value is -1.18. The first kappa shape index (κ1) is 13.9. The Labute approximate surface area is 106 Å². The lowest BCUT2D eigenvalue weighted by Crippen LogP contribution is -2.32. The quantitative estimate of drug-likeness (QED) is 0.739. The highest BCUT2D eigenvalue weighted by atomic mass is 15.2. The van der Waals surface area contributed by atoms with Crippen molar-refractivity contribution < 1.29 is 0 Å². The Morgan fingerprint density at radius 2 is 1.71 bits per heavy atom. The maximum Gasteiger partial charge on any atom is 0.0389 e. The van der Waals surface area contributed by atoms with Crippen molar-refractivity contribution >= 4 is 11.4 Å². The maximum absolute atomic E-state index is 2.47. The molecule has 1 atom stereocenters. The molecule has 0 amide bonds. The van der Waals surface area contributed by atoms with E-state index in [1.165, 1.54) is 17.8 Å². The summed E-state index contributed by atoms with van der Waals surface area (Å²) in [6.07, 6.45) is 1.18. The molecule has 1 unspecified atom stereocenters. The van der Waals surface area contributed by atoms with Gasteiger partial charge >= 0.3 is 0 Å². The summed E-state index contributed by atoms with van der Waals surface area (Å²) in [5, 5.41) is 0. The van der Waals surface area contributed by atoms with E-state index in [4.69, 9.17) is 0 Å². The Kier molecular flexibility index (Phi) is 5.33. The largest absolute Gasteiger partial charge is 0.375 e. The van der Waals surface area contributed by atoms with Crippen molar-refractivity contribution in [1.29, 1.82) is 0 Å². The minimum atomic E-state index is 0.599. The molecule has 17 heavy (non-hydrogen) atoms. The molecular formula is C15H26N2. The summed E-state index contributed by atoms with van der Waals surface area (Å²) in [5.41, 5.74) is 2.63. The van der Waals surface area contributed by atoms with Gasteiger partial charge in [-0.15, -0.1) is 0 Å². The maximum atomic E-state index is 2.47. The van der Waals surface area contributed by atoms with E-state index in [9.17, 15) is 0 Å². The van der Waals surface area contributed by atoms with E-state index in [0.717, 1.165) is 13.1 Å². The predicted octanol–water partition coefficient (Wildman–Crippen LogP) is 3.77. The molecule has 2 nitrogen and oxygen atoms in total. The highest BCUT2D eigenvalue weighted by Gasteiger charge is 2.11. The van der Waals surface area contributed by atoms with Crippen molar-refractivity contribution in [3.63, 3.8) is 0 Å². The first-order valence-electron chi connectivity index (χ1n) is 6.71. The zero-order chi connectivity index (χ0) is 12.8. The van der Waals surface area contributed by atoms with Gasteiger partial charge in [0.05, 0.1) is 0 Å². The summed E-state index contributed by atoms with van der Waals surface area (Å²) in [4.78, 5) is 4.74. The van der Waals surface area contributed by atoms with Gasteiger partial charge in [-0.05, 0) is 45.4 Å². The van der Waals surface area contributed by atoms with E-state index in [-0.39, 0.29) is 0 Å². The fourth-order valence-corrected chi connectivity index (χ4v) is 2.06. The Morgan fingerprint density at radius 1 is 1.06 bits per heavy atom. The molecular weight excluding hydrogens is 208 g/mol. The van der Waals surface area contributed by atoms with Crippen molar-refractivity contribution in [2.75, 3.05) is 29.9 Å². The van der Waals surface area contributed by atoms with Crippen LogP contribution in [0.15, 0.2) is 24.3 Å². The van der Waals surface area contributed by atoms with E-state index < -0.39 is 0 Å². The molecule has 0 aliphatic rings. The number of anilines is 2. The number of rotatable bonds is 6. The molecule has 0 aromatic heterocycles. The van der Waals surface area contributed by atoms with Crippen LogP contribution >= 0.6 is 0 Å². The van der Waals surface area contributed by atoms with E-state index in [2.05, 4.69) is 68.8 Å². The molecule has 0 heterocycles. The van der Waals surface area contributed by atoms with Crippen LogP contribution in [0.2, 0.25) is 0 Å². The van der Waals surface area contributed by atoms with Crippen LogP contribution in [0, 0.1) is 0 Å². The summed E-state index contributed by atoms with van der Waals surface area (Å²) in [7, 11) is 2.14. The van der Waals surface area contributed by atoms with Gasteiger partial charge in [0.15, 0.2) is 0 Å². The second-order valence-electron chi connectivity index (χ2n) is 4.58. The van der Waals surface area contributed by atoms with Gasteiger partial charge in [0.25, 0.3) is 0 Å². The van der Waals surface area contributed by atoms with Crippen molar-refractivity contribution in [3.05, 3.63) is 24.3 Å². The molecule has 0 fully saturated rings. The molecule has 0 bridgehead atoms. The van der Waals surface area contributed by atoms with Crippen LogP contribution in [0.1, 0.15) is 34.1 Å². The van der Waals surface area contributed by atoms with Gasteiger partial charge in [0.1, 0.15) is 0 Å². The lowest BCUT2D eigenvalue weighted by molar-refractivity contribution is 0.630. The highest BCUT2D eigenvalue weighted by Crippen LogP contribution is 2.23. The summed E-state index contributed by atoms with van der Waals surface area (Å²) >= 11 is 0.